The third kappa shape index (κ3) is 3.88. The number of anilines is 2. The number of halogens is 1. The molecular weight excluding hydrogens is 410 g/mol. The zero-order chi connectivity index (χ0) is 22.5. The van der Waals surface area contributed by atoms with Crippen molar-refractivity contribution >= 4 is 34.7 Å². The second-order valence-corrected chi connectivity index (χ2v) is 9.74. The van der Waals surface area contributed by atoms with Gasteiger partial charge in [-0.2, -0.15) is 0 Å². The zero-order valence-electron chi connectivity index (χ0n) is 18.4. The van der Waals surface area contributed by atoms with Crippen LogP contribution in [0.1, 0.15) is 56.3 Å². The van der Waals surface area contributed by atoms with Crippen LogP contribution in [-0.4, -0.2) is 11.7 Å². The number of amides is 1. The minimum atomic E-state index is -0.596. The number of allylic oxidation sites excluding steroid dienone is 1. The third-order valence-electron chi connectivity index (χ3n) is 6.08. The summed E-state index contributed by atoms with van der Waals surface area (Å²) in [4.78, 5) is 28.2. The standard InChI is InChI=1S/C25H28ClN3O2/c1-14-5-7-17(18(26)9-14)24-23-20(11-25(3,4)12-22(23)31)28-19-10-16(13-27)6-8-21(19)29(24)15(2)30/h5-10,24,28H,11-13,27H2,1-4H3. The molecule has 0 saturated heterocycles. The normalized spacial score (nSPS) is 20.0. The molecule has 1 aliphatic carbocycles. The number of nitrogens with zero attached hydrogens (tertiary/aromatic N) is 1. The highest BCUT2D eigenvalue weighted by Gasteiger charge is 2.43. The molecule has 2 aromatic rings. The van der Waals surface area contributed by atoms with Crippen molar-refractivity contribution in [1.29, 1.82) is 0 Å². The topological polar surface area (TPSA) is 75.4 Å². The van der Waals surface area contributed by atoms with Gasteiger partial charge in [-0.25, -0.2) is 0 Å². The fourth-order valence-electron chi connectivity index (χ4n) is 4.71. The van der Waals surface area contributed by atoms with E-state index in [4.69, 9.17) is 17.3 Å². The Labute approximate surface area is 188 Å². The fourth-order valence-corrected chi connectivity index (χ4v) is 5.05. The van der Waals surface area contributed by atoms with Gasteiger partial charge in [0.1, 0.15) is 0 Å². The summed E-state index contributed by atoms with van der Waals surface area (Å²) in [5.74, 6) is -0.116. The molecule has 6 heteroatoms. The molecular formula is C25H28ClN3O2. The lowest BCUT2D eigenvalue weighted by molar-refractivity contribution is -0.118. The number of carbonyl (C=O) groups excluding carboxylic acids is 2. The average molecular weight is 438 g/mol. The highest BCUT2D eigenvalue weighted by atomic mass is 35.5. The van der Waals surface area contributed by atoms with Crippen molar-refractivity contribution in [2.45, 2.75) is 53.1 Å². The Hall–Kier alpha value is -2.63. The number of nitrogens with two attached hydrogens (primary N) is 1. The molecule has 3 N–H and O–H groups in total. The molecule has 2 aliphatic rings. The van der Waals surface area contributed by atoms with Crippen LogP contribution in [0.3, 0.4) is 0 Å². The lowest BCUT2D eigenvalue weighted by Crippen LogP contribution is -2.38. The Morgan fingerprint density at radius 1 is 1.23 bits per heavy atom. The van der Waals surface area contributed by atoms with E-state index in [0.29, 0.717) is 35.7 Å². The van der Waals surface area contributed by atoms with Crippen LogP contribution in [0.25, 0.3) is 0 Å². The summed E-state index contributed by atoms with van der Waals surface area (Å²) in [5, 5.41) is 4.05. The molecule has 1 unspecified atom stereocenters. The summed E-state index contributed by atoms with van der Waals surface area (Å²) in [6.45, 7) is 8.07. The summed E-state index contributed by atoms with van der Waals surface area (Å²) >= 11 is 6.69. The Kier molecular flexibility index (Phi) is 5.44. The van der Waals surface area contributed by atoms with Crippen molar-refractivity contribution in [3.05, 3.63) is 69.4 Å². The van der Waals surface area contributed by atoms with E-state index in [-0.39, 0.29) is 17.1 Å². The first kappa shape index (κ1) is 21.6. The van der Waals surface area contributed by atoms with E-state index in [1.54, 1.807) is 4.90 Å². The number of carbonyl (C=O) groups is 2. The van der Waals surface area contributed by atoms with Crippen LogP contribution in [0.15, 0.2) is 47.7 Å². The van der Waals surface area contributed by atoms with E-state index in [1.807, 2.05) is 43.3 Å². The zero-order valence-corrected chi connectivity index (χ0v) is 19.1. The van der Waals surface area contributed by atoms with Crippen LogP contribution in [0.5, 0.6) is 0 Å². The summed E-state index contributed by atoms with van der Waals surface area (Å²) < 4.78 is 0. The van der Waals surface area contributed by atoms with Gasteiger partial charge in [-0.3, -0.25) is 14.5 Å². The van der Waals surface area contributed by atoms with Crippen molar-refractivity contribution in [1.82, 2.24) is 0 Å². The van der Waals surface area contributed by atoms with E-state index in [9.17, 15) is 9.59 Å². The van der Waals surface area contributed by atoms with Gasteiger partial charge in [0, 0.05) is 36.2 Å². The quantitative estimate of drug-likeness (QED) is 0.671. The van der Waals surface area contributed by atoms with Gasteiger partial charge in [0.15, 0.2) is 5.78 Å². The molecule has 2 aromatic carbocycles. The van der Waals surface area contributed by atoms with Gasteiger partial charge >= 0.3 is 0 Å². The Bertz CT molecular complexity index is 1120. The number of hydrogen-bond acceptors (Lipinski definition) is 4. The first-order valence-electron chi connectivity index (χ1n) is 10.5. The number of fused-ring (bicyclic) bond motifs is 1. The third-order valence-corrected chi connectivity index (χ3v) is 6.41. The van der Waals surface area contributed by atoms with Gasteiger partial charge in [-0.15, -0.1) is 0 Å². The summed E-state index contributed by atoms with van der Waals surface area (Å²) in [7, 11) is 0. The van der Waals surface area contributed by atoms with Crippen molar-refractivity contribution in [2.75, 3.05) is 10.2 Å². The molecule has 0 saturated carbocycles. The number of Topliss-reactive ketones (excluding diaryl/α,β-unsaturated/α-hetero) is 1. The number of benzene rings is 2. The number of ketones is 1. The van der Waals surface area contributed by atoms with E-state index >= 15 is 0 Å². The van der Waals surface area contributed by atoms with Gasteiger partial charge in [-0.05, 0) is 53.6 Å². The van der Waals surface area contributed by atoms with E-state index < -0.39 is 6.04 Å². The van der Waals surface area contributed by atoms with Gasteiger partial charge < -0.3 is 11.1 Å². The molecule has 1 amide bonds. The van der Waals surface area contributed by atoms with Crippen LogP contribution in [0.2, 0.25) is 5.02 Å². The molecule has 1 heterocycles. The van der Waals surface area contributed by atoms with Crippen molar-refractivity contribution in [3.8, 4) is 0 Å². The summed E-state index contributed by atoms with van der Waals surface area (Å²) in [5.41, 5.74) is 11.4. The van der Waals surface area contributed by atoms with E-state index in [0.717, 1.165) is 28.1 Å². The molecule has 5 nitrogen and oxygen atoms in total. The fraction of sp³-hybridized carbons (Fsp3) is 0.360. The first-order valence-corrected chi connectivity index (χ1v) is 10.9. The second-order valence-electron chi connectivity index (χ2n) is 9.33. The van der Waals surface area contributed by atoms with Gasteiger partial charge in [0.25, 0.3) is 0 Å². The van der Waals surface area contributed by atoms with Crippen LogP contribution >= 0.6 is 11.6 Å². The van der Waals surface area contributed by atoms with Crippen LogP contribution in [-0.2, 0) is 16.1 Å². The van der Waals surface area contributed by atoms with Crippen molar-refractivity contribution in [2.24, 2.45) is 11.1 Å². The maximum atomic E-state index is 13.5. The Morgan fingerprint density at radius 3 is 2.61 bits per heavy atom. The van der Waals surface area contributed by atoms with E-state index in [2.05, 4.69) is 19.2 Å². The minimum absolute atomic E-state index is 0.0403. The lowest BCUT2D eigenvalue weighted by Gasteiger charge is -2.37. The number of rotatable bonds is 2. The van der Waals surface area contributed by atoms with Crippen molar-refractivity contribution < 1.29 is 9.59 Å². The van der Waals surface area contributed by atoms with Gasteiger partial charge in [-0.1, -0.05) is 43.6 Å². The number of nitrogens with one attached hydrogen (secondary N) is 1. The monoisotopic (exact) mass is 437 g/mol. The molecule has 0 radical (unpaired) electrons. The molecule has 0 spiro atoms. The SMILES string of the molecule is CC(=O)N1c2ccc(CN)cc2NC2=C(C(=O)CC(C)(C)C2)C1c1ccc(C)cc1Cl. The summed E-state index contributed by atoms with van der Waals surface area (Å²) in [6.07, 6.45) is 1.12. The molecule has 162 valence electrons. The van der Waals surface area contributed by atoms with Crippen LogP contribution in [0.4, 0.5) is 11.4 Å². The number of aryl methyl sites for hydroxylation is 1. The predicted octanol–water partition coefficient (Wildman–Crippen LogP) is 5.27. The minimum Gasteiger partial charge on any atom is -0.357 e. The maximum absolute atomic E-state index is 13.5. The molecule has 0 fully saturated rings. The number of hydrogen-bond donors (Lipinski definition) is 2. The molecule has 0 bridgehead atoms. The Balaban J connectivity index is 2.04. The molecule has 31 heavy (non-hydrogen) atoms. The summed E-state index contributed by atoms with van der Waals surface area (Å²) in [6, 6.07) is 10.9. The predicted molar refractivity (Wildman–Crippen MR) is 125 cm³/mol. The first-order chi connectivity index (χ1) is 14.6. The molecule has 4 rings (SSSR count). The smallest absolute Gasteiger partial charge is 0.224 e. The van der Waals surface area contributed by atoms with Gasteiger partial charge in [0.2, 0.25) is 5.91 Å². The van der Waals surface area contributed by atoms with Crippen LogP contribution in [0, 0.1) is 12.3 Å². The van der Waals surface area contributed by atoms with Crippen LogP contribution < -0.4 is 16.0 Å². The highest BCUT2D eigenvalue weighted by Crippen LogP contribution is 2.49. The van der Waals surface area contributed by atoms with E-state index in [1.165, 1.54) is 6.92 Å². The Morgan fingerprint density at radius 2 is 1.97 bits per heavy atom. The largest absolute Gasteiger partial charge is 0.357 e. The average Bonchev–Trinajstić information content (AvgIpc) is 2.80. The molecule has 1 atom stereocenters. The van der Waals surface area contributed by atoms with Gasteiger partial charge in [0.05, 0.1) is 17.4 Å². The second kappa shape index (κ2) is 7.81. The highest BCUT2D eigenvalue weighted by molar-refractivity contribution is 6.31. The molecule has 1 aliphatic heterocycles. The maximum Gasteiger partial charge on any atom is 0.224 e. The molecule has 0 aromatic heterocycles. The lowest BCUT2D eigenvalue weighted by atomic mass is 9.73. The van der Waals surface area contributed by atoms with Crippen molar-refractivity contribution in [3.63, 3.8) is 0 Å².